The van der Waals surface area contributed by atoms with Crippen LogP contribution in [-0.2, 0) is 0 Å². The zero-order chi connectivity index (χ0) is 16.9. The molecule has 0 aromatic heterocycles. The van der Waals surface area contributed by atoms with Crippen molar-refractivity contribution in [2.45, 2.75) is 26.3 Å². The third kappa shape index (κ3) is 4.42. The second kappa shape index (κ2) is 7.74. The van der Waals surface area contributed by atoms with Crippen LogP contribution in [0.25, 0.3) is 0 Å². The summed E-state index contributed by atoms with van der Waals surface area (Å²) in [7, 11) is 3.07. The Labute approximate surface area is 130 Å². The third-order valence-electron chi connectivity index (χ3n) is 3.63. The van der Waals surface area contributed by atoms with Crippen molar-refractivity contribution in [3.05, 3.63) is 33.9 Å². The zero-order valence-corrected chi connectivity index (χ0v) is 13.4. The maximum atomic E-state index is 12.5. The normalized spacial score (nSPS) is 12.1. The Bertz CT molecular complexity index is 546. The zero-order valence-electron chi connectivity index (χ0n) is 13.4. The van der Waals surface area contributed by atoms with Gasteiger partial charge in [-0.25, -0.2) is 0 Å². The molecule has 0 aliphatic rings. The summed E-state index contributed by atoms with van der Waals surface area (Å²) in [5, 5.41) is 10.9. The first-order valence-corrected chi connectivity index (χ1v) is 7.11. The molecule has 2 N–H and O–H groups in total. The fourth-order valence-electron chi connectivity index (χ4n) is 1.96. The molecule has 0 saturated heterocycles. The first-order valence-electron chi connectivity index (χ1n) is 7.11. The molecule has 122 valence electrons. The number of non-ortho nitro benzene ring substituents is 1. The van der Waals surface area contributed by atoms with Crippen molar-refractivity contribution in [3.63, 3.8) is 0 Å². The molecule has 1 aromatic rings. The number of carbonyl (C=O) groups is 1. The highest BCUT2D eigenvalue weighted by Crippen LogP contribution is 2.25. The monoisotopic (exact) mass is 309 g/mol. The van der Waals surface area contributed by atoms with E-state index in [0.717, 1.165) is 0 Å². The number of amides is 1. The molecule has 0 heterocycles. The Morgan fingerprint density at radius 3 is 2.59 bits per heavy atom. The van der Waals surface area contributed by atoms with Crippen LogP contribution in [0.2, 0.25) is 0 Å². The van der Waals surface area contributed by atoms with Gasteiger partial charge in [0.05, 0.1) is 17.6 Å². The van der Waals surface area contributed by atoms with Crippen LogP contribution in [0.1, 0.15) is 30.6 Å². The van der Waals surface area contributed by atoms with Crippen molar-refractivity contribution < 1.29 is 14.5 Å². The van der Waals surface area contributed by atoms with Gasteiger partial charge < -0.3 is 15.4 Å². The fourth-order valence-corrected chi connectivity index (χ4v) is 1.96. The molecule has 1 unspecified atom stereocenters. The van der Waals surface area contributed by atoms with Gasteiger partial charge in [0.2, 0.25) is 0 Å². The number of ether oxygens (including phenoxy) is 1. The number of hydrogen-bond acceptors (Lipinski definition) is 5. The third-order valence-corrected chi connectivity index (χ3v) is 3.63. The van der Waals surface area contributed by atoms with Crippen LogP contribution in [0.15, 0.2) is 18.2 Å². The largest absolute Gasteiger partial charge is 0.496 e. The van der Waals surface area contributed by atoms with Crippen LogP contribution in [-0.4, -0.2) is 42.5 Å². The highest BCUT2D eigenvalue weighted by atomic mass is 16.6. The highest BCUT2D eigenvalue weighted by molar-refractivity contribution is 5.97. The van der Waals surface area contributed by atoms with Crippen molar-refractivity contribution in [3.8, 4) is 5.75 Å². The van der Waals surface area contributed by atoms with Gasteiger partial charge in [0.25, 0.3) is 11.6 Å². The van der Waals surface area contributed by atoms with Gasteiger partial charge in [0.1, 0.15) is 5.75 Å². The Morgan fingerprint density at radius 2 is 2.09 bits per heavy atom. The van der Waals surface area contributed by atoms with E-state index in [-0.39, 0.29) is 23.2 Å². The maximum Gasteiger partial charge on any atom is 0.270 e. The minimum Gasteiger partial charge on any atom is -0.496 e. The highest BCUT2D eigenvalue weighted by Gasteiger charge is 2.21. The van der Waals surface area contributed by atoms with Crippen molar-refractivity contribution in [1.82, 2.24) is 4.90 Å². The number of nitrogens with zero attached hydrogens (tertiary/aromatic N) is 2. The molecule has 1 aromatic carbocycles. The molecule has 7 nitrogen and oxygen atoms in total. The lowest BCUT2D eigenvalue weighted by molar-refractivity contribution is -0.384. The van der Waals surface area contributed by atoms with Crippen LogP contribution in [0.5, 0.6) is 5.75 Å². The number of nitro groups is 1. The Hall–Kier alpha value is -2.15. The molecule has 1 atom stereocenters. The number of nitro benzene ring substituents is 1. The van der Waals surface area contributed by atoms with E-state index in [1.807, 2.05) is 13.8 Å². The van der Waals surface area contributed by atoms with Gasteiger partial charge in [0, 0.05) is 31.8 Å². The number of hydrogen-bond donors (Lipinski definition) is 1. The molecule has 0 spiro atoms. The standard InChI is InChI=1S/C15H23N3O4/c1-10(2)13(16)7-8-17(3)15(19)12-9-11(18(20)21)5-6-14(12)22-4/h5-6,9-10,13H,7-8,16H2,1-4H3. The molecule has 0 fully saturated rings. The molecule has 1 rings (SSSR count). The van der Waals surface area contributed by atoms with E-state index in [4.69, 9.17) is 10.5 Å². The summed E-state index contributed by atoms with van der Waals surface area (Å²) >= 11 is 0. The molecule has 0 saturated carbocycles. The van der Waals surface area contributed by atoms with Crippen molar-refractivity contribution in [2.24, 2.45) is 11.7 Å². The Balaban J connectivity index is 2.91. The van der Waals surface area contributed by atoms with Gasteiger partial charge in [-0.05, 0) is 18.4 Å². The van der Waals surface area contributed by atoms with E-state index in [1.165, 1.54) is 30.2 Å². The van der Waals surface area contributed by atoms with E-state index < -0.39 is 4.92 Å². The van der Waals surface area contributed by atoms with Gasteiger partial charge in [-0.3, -0.25) is 14.9 Å². The van der Waals surface area contributed by atoms with Crippen LogP contribution in [0.4, 0.5) is 5.69 Å². The lowest BCUT2D eigenvalue weighted by Gasteiger charge is -2.22. The van der Waals surface area contributed by atoms with Crippen molar-refractivity contribution in [1.29, 1.82) is 0 Å². The van der Waals surface area contributed by atoms with E-state index in [2.05, 4.69) is 0 Å². The second-order valence-corrected chi connectivity index (χ2v) is 5.56. The van der Waals surface area contributed by atoms with E-state index in [1.54, 1.807) is 7.05 Å². The average molecular weight is 309 g/mol. The summed E-state index contributed by atoms with van der Waals surface area (Å²) in [6, 6.07) is 3.98. The predicted molar refractivity (Wildman–Crippen MR) is 84.0 cm³/mol. The smallest absolute Gasteiger partial charge is 0.270 e. The number of rotatable bonds is 7. The van der Waals surface area contributed by atoms with Gasteiger partial charge in [-0.2, -0.15) is 0 Å². The minimum absolute atomic E-state index is 0.00209. The Morgan fingerprint density at radius 1 is 1.45 bits per heavy atom. The number of carbonyl (C=O) groups excluding carboxylic acids is 1. The van der Waals surface area contributed by atoms with Crippen LogP contribution in [0, 0.1) is 16.0 Å². The van der Waals surface area contributed by atoms with E-state index >= 15 is 0 Å². The summed E-state index contributed by atoms with van der Waals surface area (Å²) in [6.45, 7) is 4.52. The molecule has 0 aliphatic carbocycles. The number of methoxy groups -OCH3 is 1. The lowest BCUT2D eigenvalue weighted by Crippen LogP contribution is -2.34. The molecule has 0 radical (unpaired) electrons. The van der Waals surface area contributed by atoms with Gasteiger partial charge >= 0.3 is 0 Å². The maximum absolute atomic E-state index is 12.5. The first-order chi connectivity index (χ1) is 10.3. The summed E-state index contributed by atoms with van der Waals surface area (Å²) < 4.78 is 5.12. The number of benzene rings is 1. The van der Waals surface area contributed by atoms with Crippen LogP contribution < -0.4 is 10.5 Å². The second-order valence-electron chi connectivity index (χ2n) is 5.56. The summed E-state index contributed by atoms with van der Waals surface area (Å²) in [5.41, 5.74) is 6.01. The lowest BCUT2D eigenvalue weighted by atomic mass is 10.0. The van der Waals surface area contributed by atoms with Crippen molar-refractivity contribution >= 4 is 11.6 Å². The predicted octanol–water partition coefficient (Wildman–Crippen LogP) is 2.05. The SMILES string of the molecule is COc1ccc([N+](=O)[O-])cc1C(=O)N(C)CCC(N)C(C)C. The summed E-state index contributed by atoms with van der Waals surface area (Å²) in [4.78, 5) is 24.3. The van der Waals surface area contributed by atoms with Crippen LogP contribution >= 0.6 is 0 Å². The molecule has 1 amide bonds. The van der Waals surface area contributed by atoms with Crippen LogP contribution in [0.3, 0.4) is 0 Å². The molecular formula is C15H23N3O4. The van der Waals surface area contributed by atoms with E-state index in [9.17, 15) is 14.9 Å². The van der Waals surface area contributed by atoms with Crippen molar-refractivity contribution in [2.75, 3.05) is 20.7 Å². The van der Waals surface area contributed by atoms with Gasteiger partial charge in [0.15, 0.2) is 0 Å². The fraction of sp³-hybridized carbons (Fsp3) is 0.533. The van der Waals surface area contributed by atoms with Gasteiger partial charge in [-0.15, -0.1) is 0 Å². The average Bonchev–Trinajstić information content (AvgIpc) is 2.50. The molecule has 7 heteroatoms. The quantitative estimate of drug-likeness (QED) is 0.614. The molecule has 0 aliphatic heterocycles. The summed E-state index contributed by atoms with van der Waals surface area (Å²) in [6.07, 6.45) is 0.664. The molecule has 22 heavy (non-hydrogen) atoms. The summed E-state index contributed by atoms with van der Waals surface area (Å²) in [5.74, 6) is 0.322. The number of nitrogens with two attached hydrogens (primary N) is 1. The molecule has 0 bridgehead atoms. The molecular weight excluding hydrogens is 286 g/mol. The minimum atomic E-state index is -0.537. The first kappa shape index (κ1) is 17.9. The van der Waals surface area contributed by atoms with Gasteiger partial charge in [-0.1, -0.05) is 13.8 Å². The Kier molecular flexibility index (Phi) is 6.30. The van der Waals surface area contributed by atoms with E-state index in [0.29, 0.717) is 24.6 Å². The topological polar surface area (TPSA) is 98.7 Å².